The Bertz CT molecular complexity index is 1020. The van der Waals surface area contributed by atoms with Crippen LogP contribution < -0.4 is 21.1 Å². The number of carbonyl (C=O) groups excluding carboxylic acids is 2. The van der Waals surface area contributed by atoms with E-state index in [-0.39, 0.29) is 12.3 Å². The van der Waals surface area contributed by atoms with Crippen LogP contribution in [0.1, 0.15) is 34.7 Å². The lowest BCUT2D eigenvalue weighted by molar-refractivity contribution is -0.121. The molecule has 0 aliphatic carbocycles. The number of urea groups is 1. The quantitative estimate of drug-likeness (QED) is 0.491. The highest BCUT2D eigenvalue weighted by Gasteiger charge is 2.19. The molecule has 31 heavy (non-hydrogen) atoms. The highest BCUT2D eigenvalue weighted by molar-refractivity contribution is 5.79. The van der Waals surface area contributed by atoms with E-state index in [1.807, 2.05) is 85.8 Å². The van der Waals surface area contributed by atoms with Crippen molar-refractivity contribution in [3.05, 3.63) is 101 Å². The van der Waals surface area contributed by atoms with Crippen LogP contribution >= 0.6 is 0 Å². The number of hydrogen-bond donors (Lipinski definition) is 3. The minimum atomic E-state index is -0.666. The molecule has 0 radical (unpaired) electrons. The van der Waals surface area contributed by atoms with Gasteiger partial charge in [-0.15, -0.1) is 0 Å². The third kappa shape index (κ3) is 6.60. The standard InChI is InChI=1S/C25H27N3O3/c1-18-9-5-7-13-21(18)22(28-25(26)30)15-24(29)27-16-20-12-6-8-14-23(20)31-17-19-10-3-2-4-11-19/h2-14,22H,15-17H2,1H3,(H,27,29)(H3,26,28,30). The van der Waals surface area contributed by atoms with Gasteiger partial charge in [-0.1, -0.05) is 72.8 Å². The van der Waals surface area contributed by atoms with Gasteiger partial charge in [0.1, 0.15) is 12.4 Å². The van der Waals surface area contributed by atoms with Crippen molar-refractivity contribution in [2.24, 2.45) is 5.73 Å². The lowest BCUT2D eigenvalue weighted by Gasteiger charge is -2.20. The minimum absolute atomic E-state index is 0.0842. The van der Waals surface area contributed by atoms with Crippen molar-refractivity contribution >= 4 is 11.9 Å². The molecule has 0 bridgehead atoms. The molecule has 3 aromatic carbocycles. The van der Waals surface area contributed by atoms with Crippen molar-refractivity contribution in [2.45, 2.75) is 32.5 Å². The van der Waals surface area contributed by atoms with Crippen molar-refractivity contribution in [1.29, 1.82) is 0 Å². The Hall–Kier alpha value is -3.80. The molecule has 0 aromatic heterocycles. The molecular formula is C25H27N3O3. The summed E-state index contributed by atoms with van der Waals surface area (Å²) in [5, 5.41) is 5.59. The molecule has 0 aliphatic heterocycles. The van der Waals surface area contributed by atoms with Gasteiger partial charge in [-0.05, 0) is 29.7 Å². The summed E-state index contributed by atoms with van der Waals surface area (Å²) in [6.45, 7) is 2.70. The molecule has 3 amide bonds. The van der Waals surface area contributed by atoms with Gasteiger partial charge in [0.2, 0.25) is 5.91 Å². The molecule has 1 unspecified atom stereocenters. The maximum absolute atomic E-state index is 12.6. The summed E-state index contributed by atoms with van der Waals surface area (Å²) in [6, 6.07) is 23.9. The van der Waals surface area contributed by atoms with E-state index in [9.17, 15) is 9.59 Å². The van der Waals surface area contributed by atoms with Crippen molar-refractivity contribution in [3.63, 3.8) is 0 Å². The molecule has 0 aliphatic rings. The number of hydrogen-bond acceptors (Lipinski definition) is 3. The van der Waals surface area contributed by atoms with Crippen LogP contribution in [0.4, 0.5) is 4.79 Å². The van der Waals surface area contributed by atoms with E-state index in [2.05, 4.69) is 10.6 Å². The number of ether oxygens (including phenoxy) is 1. The predicted molar refractivity (Wildman–Crippen MR) is 120 cm³/mol. The first-order valence-corrected chi connectivity index (χ1v) is 10.2. The fourth-order valence-corrected chi connectivity index (χ4v) is 3.37. The first-order valence-electron chi connectivity index (χ1n) is 10.2. The molecule has 160 valence electrons. The number of rotatable bonds is 9. The van der Waals surface area contributed by atoms with E-state index < -0.39 is 12.1 Å². The monoisotopic (exact) mass is 417 g/mol. The van der Waals surface area contributed by atoms with Gasteiger partial charge < -0.3 is 21.1 Å². The topological polar surface area (TPSA) is 93.4 Å². The number of aryl methyl sites for hydroxylation is 1. The lowest BCUT2D eigenvalue weighted by Crippen LogP contribution is -2.36. The summed E-state index contributed by atoms with van der Waals surface area (Å²) in [5.41, 5.74) is 9.11. The van der Waals surface area contributed by atoms with Gasteiger partial charge in [-0.2, -0.15) is 0 Å². The summed E-state index contributed by atoms with van der Waals surface area (Å²) in [6.07, 6.45) is 0.0842. The third-order valence-corrected chi connectivity index (χ3v) is 4.96. The average molecular weight is 418 g/mol. The lowest BCUT2D eigenvalue weighted by atomic mass is 9.98. The number of nitrogens with two attached hydrogens (primary N) is 1. The third-order valence-electron chi connectivity index (χ3n) is 4.96. The molecular weight excluding hydrogens is 390 g/mol. The molecule has 0 fully saturated rings. The molecule has 0 saturated carbocycles. The van der Waals surface area contributed by atoms with Gasteiger partial charge >= 0.3 is 6.03 Å². The molecule has 3 aromatic rings. The molecule has 0 heterocycles. The van der Waals surface area contributed by atoms with Crippen molar-refractivity contribution in [1.82, 2.24) is 10.6 Å². The Morgan fingerprint density at radius 1 is 0.935 bits per heavy atom. The van der Waals surface area contributed by atoms with Gasteiger partial charge in [-0.25, -0.2) is 4.79 Å². The molecule has 0 saturated heterocycles. The predicted octanol–water partition coefficient (Wildman–Crippen LogP) is 3.99. The second kappa shape index (κ2) is 10.8. The van der Waals surface area contributed by atoms with Gasteiger partial charge in [0.05, 0.1) is 12.5 Å². The Labute approximate surface area is 182 Å². The number of benzene rings is 3. The summed E-state index contributed by atoms with van der Waals surface area (Å²) in [5.74, 6) is 0.525. The van der Waals surface area contributed by atoms with Crippen LogP contribution in [0, 0.1) is 6.92 Å². The zero-order valence-electron chi connectivity index (χ0n) is 17.5. The van der Waals surface area contributed by atoms with Crippen LogP contribution in [-0.4, -0.2) is 11.9 Å². The highest BCUT2D eigenvalue weighted by Crippen LogP contribution is 2.22. The van der Waals surface area contributed by atoms with Gasteiger partial charge in [0, 0.05) is 12.1 Å². The van der Waals surface area contributed by atoms with E-state index in [1.165, 1.54) is 0 Å². The molecule has 3 rings (SSSR count). The molecule has 6 nitrogen and oxygen atoms in total. The maximum Gasteiger partial charge on any atom is 0.312 e. The number of para-hydroxylation sites is 1. The van der Waals surface area contributed by atoms with Crippen LogP contribution in [0.15, 0.2) is 78.9 Å². The van der Waals surface area contributed by atoms with Gasteiger partial charge in [0.15, 0.2) is 0 Å². The van der Waals surface area contributed by atoms with E-state index in [0.29, 0.717) is 13.2 Å². The number of carbonyl (C=O) groups is 2. The van der Waals surface area contributed by atoms with E-state index in [4.69, 9.17) is 10.5 Å². The smallest absolute Gasteiger partial charge is 0.312 e. The highest BCUT2D eigenvalue weighted by atomic mass is 16.5. The zero-order chi connectivity index (χ0) is 22.1. The first-order chi connectivity index (χ1) is 15.0. The van der Waals surface area contributed by atoms with Gasteiger partial charge in [0.25, 0.3) is 0 Å². The second-order valence-corrected chi connectivity index (χ2v) is 7.28. The molecule has 1 atom stereocenters. The minimum Gasteiger partial charge on any atom is -0.489 e. The van der Waals surface area contributed by atoms with E-state index in [1.54, 1.807) is 0 Å². The van der Waals surface area contributed by atoms with Crippen LogP contribution in [0.25, 0.3) is 0 Å². The molecule has 6 heteroatoms. The van der Waals surface area contributed by atoms with Crippen LogP contribution in [0.2, 0.25) is 0 Å². The number of nitrogens with one attached hydrogen (secondary N) is 2. The first kappa shape index (κ1) is 21.9. The largest absolute Gasteiger partial charge is 0.489 e. The van der Waals surface area contributed by atoms with E-state index >= 15 is 0 Å². The fraction of sp³-hybridized carbons (Fsp3) is 0.200. The maximum atomic E-state index is 12.6. The van der Waals surface area contributed by atoms with Crippen molar-refractivity contribution < 1.29 is 14.3 Å². The Kier molecular flexibility index (Phi) is 7.65. The van der Waals surface area contributed by atoms with E-state index in [0.717, 1.165) is 28.0 Å². The summed E-state index contributed by atoms with van der Waals surface area (Å²) in [7, 11) is 0. The second-order valence-electron chi connectivity index (χ2n) is 7.28. The zero-order valence-corrected chi connectivity index (χ0v) is 17.5. The van der Waals surface area contributed by atoms with Crippen molar-refractivity contribution in [3.8, 4) is 5.75 Å². The SMILES string of the molecule is Cc1ccccc1C(CC(=O)NCc1ccccc1OCc1ccccc1)NC(N)=O. The summed E-state index contributed by atoms with van der Waals surface area (Å²) in [4.78, 5) is 24.1. The molecule has 4 N–H and O–H groups in total. The van der Waals surface area contributed by atoms with Crippen LogP contribution in [-0.2, 0) is 17.9 Å². The average Bonchev–Trinajstić information content (AvgIpc) is 2.77. The summed E-state index contributed by atoms with van der Waals surface area (Å²) >= 11 is 0. The van der Waals surface area contributed by atoms with Gasteiger partial charge in [-0.3, -0.25) is 4.79 Å². The number of amides is 3. The summed E-state index contributed by atoms with van der Waals surface area (Å²) < 4.78 is 5.95. The molecule has 0 spiro atoms. The normalized spacial score (nSPS) is 11.4. The Morgan fingerprint density at radius 2 is 1.61 bits per heavy atom. The van der Waals surface area contributed by atoms with Crippen LogP contribution in [0.3, 0.4) is 0 Å². The van der Waals surface area contributed by atoms with Crippen LogP contribution in [0.5, 0.6) is 5.75 Å². The number of primary amides is 1. The fourth-order valence-electron chi connectivity index (χ4n) is 3.37. The van der Waals surface area contributed by atoms with Crippen molar-refractivity contribution in [2.75, 3.05) is 0 Å². The Morgan fingerprint density at radius 3 is 2.35 bits per heavy atom. The Balaban J connectivity index is 1.62.